The molecule has 0 aromatic carbocycles. The molecule has 3 rings (SSSR count). The summed E-state index contributed by atoms with van der Waals surface area (Å²) >= 11 is 10.5. The minimum atomic E-state index is 1.16. The monoisotopic (exact) mass is 292 g/mol. The van der Waals surface area contributed by atoms with Crippen molar-refractivity contribution in [2.24, 2.45) is 0 Å². The van der Waals surface area contributed by atoms with Crippen LogP contribution in [-0.2, 0) is 0 Å². The molecule has 4 heteroatoms. The van der Waals surface area contributed by atoms with E-state index in [1.165, 1.54) is 19.5 Å². The Morgan fingerprint density at radius 3 is 2.24 bits per heavy atom. The summed E-state index contributed by atoms with van der Waals surface area (Å²) in [5.41, 5.74) is 1.16. The third-order valence-electron chi connectivity index (χ3n) is 2.40. The van der Waals surface area contributed by atoms with Crippen LogP contribution in [0.5, 0.6) is 0 Å². The van der Waals surface area contributed by atoms with Crippen LogP contribution in [0.2, 0.25) is 0 Å². The van der Waals surface area contributed by atoms with Gasteiger partial charge in [0.25, 0.3) is 0 Å². The summed E-state index contributed by atoms with van der Waals surface area (Å²) in [7, 11) is 0. The van der Waals surface area contributed by atoms with Crippen LogP contribution in [0.1, 0.15) is 5.56 Å². The van der Waals surface area contributed by atoms with E-state index in [0.717, 1.165) is 5.56 Å². The number of hydrogen-bond donors (Lipinski definition) is 0. The molecule has 0 saturated carbocycles. The lowest BCUT2D eigenvalue weighted by Crippen LogP contribution is -1.74. The molecule has 0 nitrogen and oxygen atoms in total. The van der Waals surface area contributed by atoms with Gasteiger partial charge in [-0.1, -0.05) is 24.4 Å². The van der Waals surface area contributed by atoms with E-state index in [9.17, 15) is 0 Å². The van der Waals surface area contributed by atoms with E-state index in [1.807, 2.05) is 11.3 Å². The third kappa shape index (κ3) is 2.13. The Kier molecular flexibility index (Phi) is 3.20. The highest BCUT2D eigenvalue weighted by atomic mass is 32.1. The molecule has 0 saturated heterocycles. The van der Waals surface area contributed by atoms with E-state index in [0.29, 0.717) is 0 Å². The second-order valence-corrected chi connectivity index (χ2v) is 6.65. The van der Waals surface area contributed by atoms with Gasteiger partial charge >= 0.3 is 0 Å². The molecule has 0 fully saturated rings. The van der Waals surface area contributed by atoms with Gasteiger partial charge in [-0.2, -0.15) is 0 Å². The second-order valence-electron chi connectivity index (χ2n) is 3.47. The molecule has 84 valence electrons. The molecule has 3 heterocycles. The first-order chi connectivity index (χ1) is 8.38. The fourth-order valence-electron chi connectivity index (χ4n) is 1.63. The van der Waals surface area contributed by atoms with Crippen molar-refractivity contribution in [1.82, 2.24) is 0 Å². The molecule has 0 aliphatic rings. The zero-order chi connectivity index (χ0) is 11.7. The number of rotatable bonds is 3. The second kappa shape index (κ2) is 4.82. The first kappa shape index (κ1) is 11.3. The highest BCUT2D eigenvalue weighted by Gasteiger charge is 2.11. The summed E-state index contributed by atoms with van der Waals surface area (Å²) in [5, 5.41) is 5.99. The molecule has 0 radical (unpaired) electrons. The Morgan fingerprint density at radius 1 is 0.941 bits per heavy atom. The lowest BCUT2D eigenvalue weighted by Gasteiger charge is -1.92. The van der Waals surface area contributed by atoms with Gasteiger partial charge in [0.15, 0.2) is 0 Å². The lowest BCUT2D eigenvalue weighted by molar-refractivity contribution is 1.88. The Hall–Kier alpha value is -0.810. The van der Waals surface area contributed by atoms with Crippen molar-refractivity contribution >= 4 is 51.6 Å². The van der Waals surface area contributed by atoms with E-state index in [1.54, 1.807) is 28.0 Å². The van der Waals surface area contributed by atoms with Gasteiger partial charge < -0.3 is 0 Å². The summed E-state index contributed by atoms with van der Waals surface area (Å²) < 4.78 is 0. The first-order valence-corrected chi connectivity index (χ1v) is 8.10. The van der Waals surface area contributed by atoms with Gasteiger partial charge in [-0.25, -0.2) is 0 Å². The van der Waals surface area contributed by atoms with Crippen LogP contribution < -0.4 is 0 Å². The van der Waals surface area contributed by atoms with E-state index in [4.69, 9.17) is 12.2 Å². The van der Waals surface area contributed by atoms with Crippen molar-refractivity contribution in [1.29, 1.82) is 0 Å². The molecule has 17 heavy (non-hydrogen) atoms. The van der Waals surface area contributed by atoms with Crippen LogP contribution in [0.25, 0.3) is 19.5 Å². The third-order valence-corrected chi connectivity index (χ3v) is 5.92. The summed E-state index contributed by atoms with van der Waals surface area (Å²) in [6.07, 6.45) is 0. The van der Waals surface area contributed by atoms with Crippen molar-refractivity contribution in [2.75, 3.05) is 0 Å². The van der Waals surface area contributed by atoms with E-state index >= 15 is 0 Å². The van der Waals surface area contributed by atoms with Gasteiger partial charge in [-0.05, 0) is 29.0 Å². The van der Waals surface area contributed by atoms with Gasteiger partial charge in [0.1, 0.15) is 0 Å². The maximum absolute atomic E-state index is 5.11. The van der Waals surface area contributed by atoms with Crippen LogP contribution in [0.4, 0.5) is 0 Å². The fraction of sp³-hybridized carbons (Fsp3) is 0. The van der Waals surface area contributed by atoms with E-state index in [2.05, 4.69) is 41.1 Å². The van der Waals surface area contributed by atoms with E-state index in [-0.39, 0.29) is 0 Å². The largest absolute Gasteiger partial charge is 0.143 e. The van der Waals surface area contributed by atoms with Crippen LogP contribution in [0, 0.1) is 0 Å². The molecule has 0 bridgehead atoms. The van der Waals surface area contributed by atoms with Gasteiger partial charge in [0.2, 0.25) is 0 Å². The van der Waals surface area contributed by atoms with Crippen molar-refractivity contribution < 1.29 is 0 Å². The summed E-state index contributed by atoms with van der Waals surface area (Å²) in [4.78, 5) is 5.21. The first-order valence-electron chi connectivity index (χ1n) is 5.05. The topological polar surface area (TPSA) is 0 Å². The average Bonchev–Trinajstić information content (AvgIpc) is 3.09. The Balaban J connectivity index is 2.13. The smallest absolute Gasteiger partial charge is 0.0530 e. The van der Waals surface area contributed by atoms with Gasteiger partial charge in [-0.15, -0.1) is 34.0 Å². The van der Waals surface area contributed by atoms with Crippen molar-refractivity contribution in [3.05, 3.63) is 46.7 Å². The zero-order valence-electron chi connectivity index (χ0n) is 8.75. The minimum absolute atomic E-state index is 1.16. The van der Waals surface area contributed by atoms with Crippen LogP contribution in [0.15, 0.2) is 41.1 Å². The van der Waals surface area contributed by atoms with Crippen molar-refractivity contribution in [3.8, 4) is 19.5 Å². The maximum atomic E-state index is 5.11. The lowest BCUT2D eigenvalue weighted by atomic mass is 10.2. The summed E-state index contributed by atoms with van der Waals surface area (Å²) in [6, 6.07) is 10.7. The summed E-state index contributed by atoms with van der Waals surface area (Å²) in [5.74, 6) is 0. The molecule has 0 unspecified atom stereocenters. The molecule has 3 aromatic rings. The standard InChI is InChI=1S/C13H8S4/c14-8-9-7-12(10-3-1-5-15-10)17-13(9)11-4-2-6-16-11/h1-8H. The number of thiocarbonyl (C=S) groups is 1. The predicted octanol–water partition coefficient (Wildman–Crippen LogP) is 5.55. The molecule has 0 spiro atoms. The fourth-order valence-corrected chi connectivity index (χ4v) is 4.73. The number of hydrogen-bond acceptors (Lipinski definition) is 4. The molecule has 0 atom stereocenters. The highest BCUT2D eigenvalue weighted by molar-refractivity contribution is 7.79. The minimum Gasteiger partial charge on any atom is -0.143 e. The quantitative estimate of drug-likeness (QED) is 0.570. The average molecular weight is 292 g/mol. The van der Waals surface area contributed by atoms with Gasteiger partial charge in [-0.3, -0.25) is 0 Å². The normalized spacial score (nSPS) is 10.6. The van der Waals surface area contributed by atoms with Crippen LogP contribution >= 0.6 is 46.2 Å². The molecular weight excluding hydrogens is 284 g/mol. The predicted molar refractivity (Wildman–Crippen MR) is 83.7 cm³/mol. The maximum Gasteiger partial charge on any atom is 0.0530 e. The van der Waals surface area contributed by atoms with Gasteiger partial charge in [0, 0.05) is 25.6 Å². The Bertz CT molecular complexity index is 614. The Labute approximate surface area is 117 Å². The molecule has 0 aliphatic heterocycles. The van der Waals surface area contributed by atoms with Crippen molar-refractivity contribution in [3.63, 3.8) is 0 Å². The molecular formula is C13H8S4. The molecule has 3 aromatic heterocycles. The molecule has 0 aliphatic carbocycles. The Morgan fingerprint density at radius 2 is 1.65 bits per heavy atom. The van der Waals surface area contributed by atoms with Crippen molar-refractivity contribution in [2.45, 2.75) is 0 Å². The van der Waals surface area contributed by atoms with Crippen LogP contribution in [0.3, 0.4) is 0 Å². The SMILES string of the molecule is S=Cc1cc(-c2cccs2)sc1-c1cccs1. The highest BCUT2D eigenvalue weighted by Crippen LogP contribution is 2.40. The van der Waals surface area contributed by atoms with E-state index < -0.39 is 0 Å². The zero-order valence-corrected chi connectivity index (χ0v) is 12.0. The van der Waals surface area contributed by atoms with Gasteiger partial charge in [0.05, 0.1) is 4.88 Å². The molecule has 0 N–H and O–H groups in total. The number of thiophene rings is 3. The van der Waals surface area contributed by atoms with Crippen LogP contribution in [-0.4, -0.2) is 5.37 Å². The molecule has 0 amide bonds. The summed E-state index contributed by atoms with van der Waals surface area (Å²) in [6.45, 7) is 0.